The maximum absolute atomic E-state index is 12.6. The molecule has 2 N–H and O–H groups in total. The summed E-state index contributed by atoms with van der Waals surface area (Å²) in [6.07, 6.45) is 1.72. The third-order valence-electron chi connectivity index (χ3n) is 3.27. The Labute approximate surface area is 158 Å². The molecule has 0 unspecified atom stereocenters. The summed E-state index contributed by atoms with van der Waals surface area (Å²) in [6.45, 7) is 0.339. The molecular weight excluding hydrogens is 400 g/mol. The van der Waals surface area contributed by atoms with Gasteiger partial charge >= 0.3 is 6.03 Å². The van der Waals surface area contributed by atoms with Gasteiger partial charge in [0.05, 0.1) is 12.8 Å². The van der Waals surface area contributed by atoms with Gasteiger partial charge in [0.15, 0.2) is 5.03 Å². The lowest BCUT2D eigenvalue weighted by Crippen LogP contribution is -2.36. The molecule has 0 saturated carbocycles. The lowest BCUT2D eigenvalue weighted by molar-refractivity contribution is 0.174. The van der Waals surface area contributed by atoms with E-state index in [1.165, 1.54) is 25.4 Å². The van der Waals surface area contributed by atoms with Gasteiger partial charge in [0.1, 0.15) is 11.8 Å². The van der Waals surface area contributed by atoms with Gasteiger partial charge in [-0.1, -0.05) is 16.8 Å². The first-order valence-electron chi connectivity index (χ1n) is 7.45. The molecule has 2 aromatic heterocycles. The quantitative estimate of drug-likeness (QED) is 0.696. The van der Waals surface area contributed by atoms with Crippen molar-refractivity contribution in [2.24, 2.45) is 5.16 Å². The second kappa shape index (κ2) is 7.72. The molecule has 13 heteroatoms. The van der Waals surface area contributed by atoms with Gasteiger partial charge in [0.2, 0.25) is 11.8 Å². The zero-order valence-electron chi connectivity index (χ0n) is 13.8. The van der Waals surface area contributed by atoms with Crippen LogP contribution >= 0.6 is 11.6 Å². The molecule has 2 aromatic rings. The molecule has 0 fully saturated rings. The van der Waals surface area contributed by atoms with E-state index in [4.69, 9.17) is 21.2 Å². The average Bonchev–Trinajstić information content (AvgIpc) is 3.15. The van der Waals surface area contributed by atoms with Crippen molar-refractivity contribution in [1.82, 2.24) is 19.7 Å². The fourth-order valence-electron chi connectivity index (χ4n) is 2.17. The molecule has 0 saturated heterocycles. The Morgan fingerprint density at radius 3 is 2.89 bits per heavy atom. The highest BCUT2D eigenvalue weighted by Crippen LogP contribution is 2.19. The number of nitrogens with zero attached hydrogens (tertiary/aromatic N) is 4. The van der Waals surface area contributed by atoms with Crippen molar-refractivity contribution in [3.05, 3.63) is 35.1 Å². The minimum Gasteiger partial charge on any atom is -0.481 e. The van der Waals surface area contributed by atoms with Gasteiger partial charge in [-0.3, -0.25) is 5.32 Å². The van der Waals surface area contributed by atoms with Crippen LogP contribution in [0.15, 0.2) is 34.6 Å². The van der Waals surface area contributed by atoms with Crippen molar-refractivity contribution in [2.45, 2.75) is 11.4 Å². The first kappa shape index (κ1) is 18.8. The van der Waals surface area contributed by atoms with Crippen molar-refractivity contribution >= 4 is 39.3 Å². The molecule has 27 heavy (non-hydrogen) atoms. The molecule has 0 spiro atoms. The number of urea groups is 1. The number of pyridine rings is 1. The molecule has 3 heterocycles. The summed E-state index contributed by atoms with van der Waals surface area (Å²) in [7, 11) is -2.95. The van der Waals surface area contributed by atoms with Gasteiger partial charge in [0.25, 0.3) is 10.0 Å². The maximum atomic E-state index is 12.6. The zero-order valence-corrected chi connectivity index (χ0v) is 15.4. The third kappa shape index (κ3) is 4.41. The number of sulfonamides is 1. The van der Waals surface area contributed by atoms with E-state index in [0.29, 0.717) is 18.7 Å². The van der Waals surface area contributed by atoms with Gasteiger partial charge in [-0.25, -0.2) is 19.5 Å². The van der Waals surface area contributed by atoms with Gasteiger partial charge in [-0.15, -0.1) is 0 Å². The van der Waals surface area contributed by atoms with Crippen LogP contribution in [0.5, 0.6) is 5.88 Å². The zero-order chi connectivity index (χ0) is 19.4. The fourth-order valence-corrected chi connectivity index (χ4v) is 3.42. The third-order valence-corrected chi connectivity index (χ3v) is 4.76. The molecule has 1 aliphatic rings. The summed E-state index contributed by atoms with van der Waals surface area (Å²) in [5, 5.41) is 5.62. The van der Waals surface area contributed by atoms with Crippen LogP contribution in [0.1, 0.15) is 12.0 Å². The number of carbonyl (C=O) groups is 1. The number of amides is 2. The van der Waals surface area contributed by atoms with E-state index < -0.39 is 16.1 Å². The van der Waals surface area contributed by atoms with Crippen LogP contribution in [-0.2, 0) is 14.9 Å². The average molecular weight is 413 g/mol. The summed E-state index contributed by atoms with van der Waals surface area (Å²) in [5.41, 5.74) is 0.669. The van der Waals surface area contributed by atoms with Crippen LogP contribution in [0.25, 0.3) is 0 Å². The SMILES string of the molecule is COc1cc(Cl)nc(NC(=O)NS(=O)(=O)c2ncccc2C2=NOCC2)n1. The van der Waals surface area contributed by atoms with Gasteiger partial charge in [0, 0.05) is 24.2 Å². The Bertz CT molecular complexity index is 1010. The highest BCUT2D eigenvalue weighted by Gasteiger charge is 2.26. The maximum Gasteiger partial charge on any atom is 0.335 e. The number of halogens is 1. The minimum absolute atomic E-state index is 0.00580. The van der Waals surface area contributed by atoms with Crippen LogP contribution in [0.2, 0.25) is 5.15 Å². The van der Waals surface area contributed by atoms with Crippen molar-refractivity contribution in [2.75, 3.05) is 19.0 Å². The number of anilines is 1. The normalized spacial score (nSPS) is 13.5. The lowest BCUT2D eigenvalue weighted by Gasteiger charge is -2.10. The minimum atomic E-state index is -4.30. The van der Waals surface area contributed by atoms with Gasteiger partial charge < -0.3 is 9.57 Å². The Balaban J connectivity index is 1.81. The number of hydrogen-bond acceptors (Lipinski definition) is 9. The molecule has 0 radical (unpaired) electrons. The largest absolute Gasteiger partial charge is 0.481 e. The molecule has 1 aliphatic heterocycles. The standard InChI is InChI=1S/C14H13ClN6O5S/c1-25-11-7-10(15)17-13(18-11)19-14(22)21-27(23,24)12-8(3-2-5-16-12)9-4-6-26-20-9/h2-3,5,7H,4,6H2,1H3,(H2,17,18,19,21,22). The van der Waals surface area contributed by atoms with E-state index in [2.05, 4.69) is 25.4 Å². The predicted molar refractivity (Wildman–Crippen MR) is 94.3 cm³/mol. The van der Waals surface area contributed by atoms with E-state index in [-0.39, 0.29) is 27.6 Å². The van der Waals surface area contributed by atoms with Crippen LogP contribution in [-0.4, -0.2) is 48.8 Å². The van der Waals surface area contributed by atoms with E-state index in [1.54, 1.807) is 6.07 Å². The monoisotopic (exact) mass is 412 g/mol. The Hall–Kier alpha value is -2.99. The molecule has 0 aromatic carbocycles. The smallest absolute Gasteiger partial charge is 0.335 e. The van der Waals surface area contributed by atoms with Crippen LogP contribution in [0.3, 0.4) is 0 Å². The summed E-state index contributed by atoms with van der Waals surface area (Å²) in [6, 6.07) is 3.31. The Morgan fingerprint density at radius 2 is 2.19 bits per heavy atom. The number of oxime groups is 1. The van der Waals surface area contributed by atoms with Crippen LogP contribution in [0.4, 0.5) is 10.7 Å². The van der Waals surface area contributed by atoms with Gasteiger partial charge in [-0.2, -0.15) is 13.4 Å². The van der Waals surface area contributed by atoms with Crippen molar-refractivity contribution in [3.8, 4) is 5.88 Å². The highest BCUT2D eigenvalue weighted by molar-refractivity contribution is 7.90. The number of rotatable bonds is 5. The summed E-state index contributed by atoms with van der Waals surface area (Å²) in [5.74, 6) is -0.138. The molecule has 0 bridgehead atoms. The van der Waals surface area contributed by atoms with Crippen molar-refractivity contribution in [3.63, 3.8) is 0 Å². The van der Waals surface area contributed by atoms with E-state index in [0.717, 1.165) is 0 Å². The van der Waals surface area contributed by atoms with Crippen LogP contribution < -0.4 is 14.8 Å². The van der Waals surface area contributed by atoms with Gasteiger partial charge in [-0.05, 0) is 12.1 Å². The fraction of sp³-hybridized carbons (Fsp3) is 0.214. The first-order valence-corrected chi connectivity index (χ1v) is 9.32. The molecule has 11 nitrogen and oxygen atoms in total. The number of methoxy groups -OCH3 is 1. The molecule has 142 valence electrons. The molecule has 0 aliphatic carbocycles. The second-order valence-corrected chi connectivity index (χ2v) is 7.08. The summed E-state index contributed by atoms with van der Waals surface area (Å²) in [4.78, 5) is 28.5. The van der Waals surface area contributed by atoms with E-state index >= 15 is 0 Å². The van der Waals surface area contributed by atoms with Crippen LogP contribution in [0, 0.1) is 0 Å². The Morgan fingerprint density at radius 1 is 1.37 bits per heavy atom. The Kier molecular flexibility index (Phi) is 5.37. The molecule has 0 atom stereocenters. The summed E-state index contributed by atoms with van der Waals surface area (Å²) < 4.78 is 31.9. The highest BCUT2D eigenvalue weighted by atomic mass is 35.5. The van der Waals surface area contributed by atoms with E-state index in [1.807, 2.05) is 4.72 Å². The number of carbonyl (C=O) groups excluding carboxylic acids is 1. The van der Waals surface area contributed by atoms with Crippen molar-refractivity contribution < 1.29 is 22.8 Å². The molecule has 2 amide bonds. The first-order chi connectivity index (χ1) is 12.9. The predicted octanol–water partition coefficient (Wildman–Crippen LogP) is 1.17. The van der Waals surface area contributed by atoms with E-state index in [9.17, 15) is 13.2 Å². The molecular formula is C14H13ClN6O5S. The van der Waals surface area contributed by atoms with Crippen molar-refractivity contribution in [1.29, 1.82) is 0 Å². The lowest BCUT2D eigenvalue weighted by atomic mass is 10.1. The number of hydrogen-bond donors (Lipinski definition) is 2. The number of ether oxygens (including phenoxy) is 1. The second-order valence-electron chi connectivity index (χ2n) is 5.09. The molecule has 3 rings (SSSR count). The number of aromatic nitrogens is 3. The number of nitrogens with one attached hydrogen (secondary N) is 2. The topological polar surface area (TPSA) is 145 Å². The summed E-state index contributed by atoms with van der Waals surface area (Å²) >= 11 is 5.78.